The maximum absolute atomic E-state index is 12.3. The highest BCUT2D eigenvalue weighted by atomic mass is 16.1. The molecule has 0 saturated heterocycles. The normalized spacial score (nSPS) is 10.2. The molecule has 2 rings (SSSR count). The zero-order valence-electron chi connectivity index (χ0n) is 12.1. The molecule has 0 bridgehead atoms. The number of hydrogen-bond donors (Lipinski definition) is 1. The standard InChI is InChI=1S/C15H18N4O/c1-10-14(11(2)17-9-16-10)15(20)18-12-5-7-13(8-6-12)19(3)4/h5-9H,1-4H3,(H,18,20). The summed E-state index contributed by atoms with van der Waals surface area (Å²) in [6, 6.07) is 7.66. The van der Waals surface area contributed by atoms with Gasteiger partial charge in [0.25, 0.3) is 5.91 Å². The summed E-state index contributed by atoms with van der Waals surface area (Å²) < 4.78 is 0. The Bertz CT molecular complexity index is 600. The molecule has 0 aliphatic carbocycles. The van der Waals surface area contributed by atoms with Gasteiger partial charge in [0.1, 0.15) is 6.33 Å². The lowest BCUT2D eigenvalue weighted by molar-refractivity contribution is 0.102. The summed E-state index contributed by atoms with van der Waals surface area (Å²) in [7, 11) is 3.95. The van der Waals surface area contributed by atoms with Crippen LogP contribution in [-0.4, -0.2) is 30.0 Å². The number of rotatable bonds is 3. The number of hydrogen-bond acceptors (Lipinski definition) is 4. The van der Waals surface area contributed by atoms with Crippen LogP contribution in [-0.2, 0) is 0 Å². The molecule has 104 valence electrons. The number of nitrogens with zero attached hydrogens (tertiary/aromatic N) is 3. The van der Waals surface area contributed by atoms with E-state index in [9.17, 15) is 4.79 Å². The number of carbonyl (C=O) groups excluding carboxylic acids is 1. The van der Waals surface area contributed by atoms with Gasteiger partial charge < -0.3 is 10.2 Å². The van der Waals surface area contributed by atoms with Crippen molar-refractivity contribution in [1.29, 1.82) is 0 Å². The Balaban J connectivity index is 2.19. The van der Waals surface area contributed by atoms with E-state index in [-0.39, 0.29) is 5.91 Å². The van der Waals surface area contributed by atoms with E-state index < -0.39 is 0 Å². The molecular formula is C15H18N4O. The van der Waals surface area contributed by atoms with E-state index >= 15 is 0 Å². The molecule has 0 spiro atoms. The predicted molar refractivity (Wildman–Crippen MR) is 80.2 cm³/mol. The lowest BCUT2D eigenvalue weighted by Gasteiger charge is -2.13. The Morgan fingerprint density at radius 1 is 1.05 bits per heavy atom. The van der Waals surface area contributed by atoms with Gasteiger partial charge in [-0.25, -0.2) is 9.97 Å². The van der Waals surface area contributed by atoms with Crippen molar-refractivity contribution in [1.82, 2.24) is 9.97 Å². The van der Waals surface area contributed by atoms with Gasteiger partial charge in [-0.2, -0.15) is 0 Å². The third-order valence-electron chi connectivity index (χ3n) is 3.10. The minimum atomic E-state index is -0.182. The minimum Gasteiger partial charge on any atom is -0.378 e. The van der Waals surface area contributed by atoms with Gasteiger partial charge in [-0.3, -0.25) is 4.79 Å². The molecule has 1 amide bonds. The van der Waals surface area contributed by atoms with Crippen LogP contribution in [0.25, 0.3) is 0 Å². The fraction of sp³-hybridized carbons (Fsp3) is 0.267. The highest BCUT2D eigenvalue weighted by Crippen LogP contribution is 2.17. The van der Waals surface area contributed by atoms with Crippen molar-refractivity contribution < 1.29 is 4.79 Å². The maximum Gasteiger partial charge on any atom is 0.259 e. The van der Waals surface area contributed by atoms with Gasteiger partial charge in [0.2, 0.25) is 0 Å². The smallest absolute Gasteiger partial charge is 0.259 e. The first-order chi connectivity index (χ1) is 9.49. The Morgan fingerprint density at radius 3 is 2.10 bits per heavy atom. The monoisotopic (exact) mass is 270 g/mol. The summed E-state index contributed by atoms with van der Waals surface area (Å²) in [5.74, 6) is -0.182. The van der Waals surface area contributed by atoms with E-state index in [1.165, 1.54) is 6.33 Å². The van der Waals surface area contributed by atoms with Crippen LogP contribution in [0.5, 0.6) is 0 Å². The van der Waals surface area contributed by atoms with Crippen molar-refractivity contribution in [3.63, 3.8) is 0 Å². The first-order valence-corrected chi connectivity index (χ1v) is 6.36. The first-order valence-electron chi connectivity index (χ1n) is 6.36. The Morgan fingerprint density at radius 2 is 1.60 bits per heavy atom. The molecule has 0 unspecified atom stereocenters. The second-order valence-corrected chi connectivity index (χ2v) is 4.81. The van der Waals surface area contributed by atoms with Crippen molar-refractivity contribution in [2.24, 2.45) is 0 Å². The van der Waals surface area contributed by atoms with E-state index in [0.29, 0.717) is 17.0 Å². The summed E-state index contributed by atoms with van der Waals surface area (Å²) >= 11 is 0. The van der Waals surface area contributed by atoms with Crippen molar-refractivity contribution >= 4 is 17.3 Å². The molecule has 0 fully saturated rings. The van der Waals surface area contributed by atoms with Crippen LogP contribution >= 0.6 is 0 Å². The molecule has 0 radical (unpaired) electrons. The van der Waals surface area contributed by atoms with Crippen LogP contribution < -0.4 is 10.2 Å². The average Bonchev–Trinajstić information content (AvgIpc) is 2.39. The number of amides is 1. The highest BCUT2D eigenvalue weighted by Gasteiger charge is 2.14. The second-order valence-electron chi connectivity index (χ2n) is 4.81. The predicted octanol–water partition coefficient (Wildman–Crippen LogP) is 2.41. The molecule has 5 heteroatoms. The number of aromatic nitrogens is 2. The molecule has 0 saturated carbocycles. The van der Waals surface area contributed by atoms with Crippen LogP contribution in [0.15, 0.2) is 30.6 Å². The fourth-order valence-electron chi connectivity index (χ4n) is 1.96. The van der Waals surface area contributed by atoms with Crippen molar-refractivity contribution in [2.75, 3.05) is 24.3 Å². The van der Waals surface area contributed by atoms with Crippen LogP contribution in [0.2, 0.25) is 0 Å². The number of aryl methyl sites for hydroxylation is 2. The Labute approximate surface area is 118 Å². The molecule has 5 nitrogen and oxygen atoms in total. The largest absolute Gasteiger partial charge is 0.378 e. The summed E-state index contributed by atoms with van der Waals surface area (Å²) in [6.07, 6.45) is 1.47. The summed E-state index contributed by atoms with van der Waals surface area (Å²) in [6.45, 7) is 3.61. The van der Waals surface area contributed by atoms with E-state index in [1.54, 1.807) is 13.8 Å². The summed E-state index contributed by atoms with van der Waals surface area (Å²) in [5.41, 5.74) is 3.73. The van der Waals surface area contributed by atoms with Crippen LogP contribution in [0.3, 0.4) is 0 Å². The van der Waals surface area contributed by atoms with Crippen LogP contribution in [0, 0.1) is 13.8 Å². The third-order valence-corrected chi connectivity index (χ3v) is 3.10. The van der Waals surface area contributed by atoms with E-state index in [0.717, 1.165) is 11.4 Å². The van der Waals surface area contributed by atoms with Crippen LogP contribution in [0.4, 0.5) is 11.4 Å². The van der Waals surface area contributed by atoms with Crippen molar-refractivity contribution in [3.05, 3.63) is 47.5 Å². The molecule has 2 aromatic rings. The van der Waals surface area contributed by atoms with Gasteiger partial charge in [-0.15, -0.1) is 0 Å². The lowest BCUT2D eigenvalue weighted by Crippen LogP contribution is -2.16. The number of nitrogens with one attached hydrogen (secondary N) is 1. The van der Waals surface area contributed by atoms with Crippen LogP contribution in [0.1, 0.15) is 21.7 Å². The molecule has 1 N–H and O–H groups in total. The second kappa shape index (κ2) is 5.69. The van der Waals surface area contributed by atoms with Gasteiger partial charge in [0.15, 0.2) is 0 Å². The topological polar surface area (TPSA) is 58.1 Å². The van der Waals surface area contributed by atoms with E-state index in [2.05, 4.69) is 15.3 Å². The highest BCUT2D eigenvalue weighted by molar-refractivity contribution is 6.05. The molecule has 1 aromatic heterocycles. The molecule has 0 aliphatic heterocycles. The van der Waals surface area contributed by atoms with E-state index in [1.807, 2.05) is 43.3 Å². The van der Waals surface area contributed by atoms with E-state index in [4.69, 9.17) is 0 Å². The SMILES string of the molecule is Cc1ncnc(C)c1C(=O)Nc1ccc(N(C)C)cc1. The summed E-state index contributed by atoms with van der Waals surface area (Å²) in [5, 5.41) is 2.87. The third kappa shape index (κ3) is 2.93. The van der Waals surface area contributed by atoms with Gasteiger partial charge in [0, 0.05) is 25.5 Å². The molecule has 1 heterocycles. The van der Waals surface area contributed by atoms with Crippen molar-refractivity contribution in [3.8, 4) is 0 Å². The quantitative estimate of drug-likeness (QED) is 0.930. The maximum atomic E-state index is 12.3. The average molecular weight is 270 g/mol. The fourth-order valence-corrected chi connectivity index (χ4v) is 1.96. The first kappa shape index (κ1) is 14.0. The Kier molecular flexibility index (Phi) is 3.98. The molecular weight excluding hydrogens is 252 g/mol. The lowest BCUT2D eigenvalue weighted by atomic mass is 10.1. The molecule has 0 aliphatic rings. The van der Waals surface area contributed by atoms with Gasteiger partial charge in [0.05, 0.1) is 17.0 Å². The van der Waals surface area contributed by atoms with Gasteiger partial charge >= 0.3 is 0 Å². The number of anilines is 2. The number of carbonyl (C=O) groups is 1. The molecule has 1 aromatic carbocycles. The van der Waals surface area contributed by atoms with Gasteiger partial charge in [-0.1, -0.05) is 0 Å². The zero-order valence-corrected chi connectivity index (χ0v) is 12.1. The minimum absolute atomic E-state index is 0.182. The van der Waals surface area contributed by atoms with Crippen molar-refractivity contribution in [2.45, 2.75) is 13.8 Å². The molecule has 20 heavy (non-hydrogen) atoms. The number of benzene rings is 1. The summed E-state index contributed by atoms with van der Waals surface area (Å²) in [4.78, 5) is 22.4. The zero-order chi connectivity index (χ0) is 14.7. The molecule has 0 atom stereocenters. The Hall–Kier alpha value is -2.43. The van der Waals surface area contributed by atoms with Gasteiger partial charge in [-0.05, 0) is 38.1 Å².